The zero-order chi connectivity index (χ0) is 14.0. The van der Waals surface area contributed by atoms with Crippen molar-refractivity contribution in [2.75, 3.05) is 7.11 Å². The summed E-state index contributed by atoms with van der Waals surface area (Å²) in [5.74, 6) is -0.169. The predicted octanol–water partition coefficient (Wildman–Crippen LogP) is 2.56. The molecule has 0 saturated heterocycles. The molecule has 0 bridgehead atoms. The number of unbranched alkanes of at least 4 members (excludes halogenated alkanes) is 5. The van der Waals surface area contributed by atoms with Crippen molar-refractivity contribution < 1.29 is 22.5 Å². The zero-order valence-corrected chi connectivity index (χ0v) is 12.0. The van der Waals surface area contributed by atoms with E-state index in [1.165, 1.54) is 14.0 Å². The maximum atomic E-state index is 10.8. The molecule has 0 saturated carbocycles. The Kier molecular flexibility index (Phi) is 9.01. The third-order valence-electron chi connectivity index (χ3n) is 2.98. The number of hydrogen-bond acceptors (Lipinski definition) is 4. The molecule has 0 aliphatic heterocycles. The van der Waals surface area contributed by atoms with Crippen LogP contribution in [0.3, 0.4) is 0 Å². The first-order valence-corrected chi connectivity index (χ1v) is 7.91. The Morgan fingerprint density at radius 2 is 1.61 bits per heavy atom. The molecule has 0 aromatic rings. The topological polar surface area (TPSA) is 80.7 Å². The van der Waals surface area contributed by atoms with Crippen LogP contribution in [0.4, 0.5) is 0 Å². The van der Waals surface area contributed by atoms with Gasteiger partial charge in [0.2, 0.25) is 0 Å². The van der Waals surface area contributed by atoms with Gasteiger partial charge in [-0.2, -0.15) is 8.42 Å². The Labute approximate surface area is 110 Å². The molecule has 0 spiro atoms. The molecule has 0 aromatic heterocycles. The molecule has 0 fully saturated rings. The molecule has 0 rings (SSSR count). The van der Waals surface area contributed by atoms with Crippen LogP contribution >= 0.6 is 0 Å². The number of rotatable bonds is 10. The van der Waals surface area contributed by atoms with E-state index in [-0.39, 0.29) is 5.97 Å². The van der Waals surface area contributed by atoms with E-state index in [9.17, 15) is 13.2 Å². The predicted molar refractivity (Wildman–Crippen MR) is 70.0 cm³/mol. The lowest BCUT2D eigenvalue weighted by molar-refractivity contribution is -0.140. The van der Waals surface area contributed by atoms with Crippen LogP contribution in [0.2, 0.25) is 0 Å². The lowest BCUT2D eigenvalue weighted by atomic mass is 10.1. The minimum Gasteiger partial charge on any atom is -0.469 e. The summed E-state index contributed by atoms with van der Waals surface area (Å²) in [6.07, 6.45) is 6.63. The summed E-state index contributed by atoms with van der Waals surface area (Å²) in [6.45, 7) is 1.52. The average Bonchev–Trinajstić information content (AvgIpc) is 2.30. The molecule has 108 valence electrons. The van der Waals surface area contributed by atoms with Gasteiger partial charge in [-0.25, -0.2) is 0 Å². The third kappa shape index (κ3) is 9.41. The highest BCUT2D eigenvalue weighted by Crippen LogP contribution is 2.12. The fourth-order valence-corrected chi connectivity index (χ4v) is 2.12. The molecule has 0 amide bonds. The van der Waals surface area contributed by atoms with Crippen LogP contribution in [-0.2, 0) is 19.6 Å². The summed E-state index contributed by atoms with van der Waals surface area (Å²) in [5, 5.41) is -0.670. The van der Waals surface area contributed by atoms with Gasteiger partial charge >= 0.3 is 5.97 Å². The zero-order valence-electron chi connectivity index (χ0n) is 11.2. The highest BCUT2D eigenvalue weighted by Gasteiger charge is 2.15. The smallest absolute Gasteiger partial charge is 0.305 e. The summed E-state index contributed by atoms with van der Waals surface area (Å²) in [6, 6.07) is 0. The second-order valence-electron chi connectivity index (χ2n) is 4.56. The van der Waals surface area contributed by atoms with Gasteiger partial charge in [-0.3, -0.25) is 9.35 Å². The van der Waals surface area contributed by atoms with Crippen molar-refractivity contribution in [3.63, 3.8) is 0 Å². The Morgan fingerprint density at radius 3 is 2.11 bits per heavy atom. The highest BCUT2D eigenvalue weighted by atomic mass is 32.2. The van der Waals surface area contributed by atoms with Gasteiger partial charge in [0.05, 0.1) is 12.4 Å². The third-order valence-corrected chi connectivity index (χ3v) is 4.23. The Hall–Kier alpha value is -0.620. The van der Waals surface area contributed by atoms with Crippen LogP contribution < -0.4 is 0 Å². The molecule has 0 radical (unpaired) electrons. The molecule has 5 nitrogen and oxygen atoms in total. The molecule has 1 unspecified atom stereocenters. The number of methoxy groups -OCH3 is 1. The maximum Gasteiger partial charge on any atom is 0.305 e. The first kappa shape index (κ1) is 17.4. The van der Waals surface area contributed by atoms with Crippen molar-refractivity contribution in [3.8, 4) is 0 Å². The minimum atomic E-state index is -3.87. The Morgan fingerprint density at radius 1 is 1.11 bits per heavy atom. The second-order valence-corrected chi connectivity index (χ2v) is 6.40. The minimum absolute atomic E-state index is 0.169. The average molecular weight is 280 g/mol. The second kappa shape index (κ2) is 9.33. The van der Waals surface area contributed by atoms with Crippen LogP contribution in [-0.4, -0.2) is 31.3 Å². The van der Waals surface area contributed by atoms with Gasteiger partial charge in [0.25, 0.3) is 10.1 Å². The highest BCUT2D eigenvalue weighted by molar-refractivity contribution is 7.86. The van der Waals surface area contributed by atoms with Crippen LogP contribution in [0.1, 0.15) is 58.3 Å². The van der Waals surface area contributed by atoms with Gasteiger partial charge in [0.15, 0.2) is 0 Å². The molecule has 0 heterocycles. The van der Waals surface area contributed by atoms with Crippen molar-refractivity contribution in [2.24, 2.45) is 0 Å². The summed E-state index contributed by atoms with van der Waals surface area (Å²) in [7, 11) is -2.48. The van der Waals surface area contributed by atoms with E-state index in [0.29, 0.717) is 12.8 Å². The maximum absolute atomic E-state index is 10.8. The fraction of sp³-hybridized carbons (Fsp3) is 0.917. The SMILES string of the molecule is COC(=O)CCCCCCCCC(C)S(=O)(=O)O. The molecule has 6 heteroatoms. The van der Waals surface area contributed by atoms with E-state index in [2.05, 4.69) is 4.74 Å². The molecular formula is C12H24O5S. The van der Waals surface area contributed by atoms with Gasteiger partial charge in [0.1, 0.15) is 0 Å². The van der Waals surface area contributed by atoms with E-state index in [4.69, 9.17) is 4.55 Å². The Balaban J connectivity index is 3.34. The van der Waals surface area contributed by atoms with Gasteiger partial charge in [0, 0.05) is 6.42 Å². The van der Waals surface area contributed by atoms with Gasteiger partial charge in [-0.15, -0.1) is 0 Å². The van der Waals surface area contributed by atoms with Crippen LogP contribution in [0.5, 0.6) is 0 Å². The number of esters is 1. The molecule has 0 aliphatic rings. The molecule has 18 heavy (non-hydrogen) atoms. The molecule has 1 atom stereocenters. The number of carbonyl (C=O) groups excluding carboxylic acids is 1. The van der Waals surface area contributed by atoms with Gasteiger partial charge in [-0.05, 0) is 19.8 Å². The lowest BCUT2D eigenvalue weighted by Crippen LogP contribution is -2.16. The monoisotopic (exact) mass is 280 g/mol. The number of ether oxygens (including phenoxy) is 1. The van der Waals surface area contributed by atoms with Crippen molar-refractivity contribution >= 4 is 16.1 Å². The summed E-state index contributed by atoms with van der Waals surface area (Å²) < 4.78 is 34.8. The number of carbonyl (C=O) groups is 1. The Bertz CT molecular complexity index is 323. The van der Waals surface area contributed by atoms with E-state index in [0.717, 1.165) is 38.5 Å². The van der Waals surface area contributed by atoms with E-state index < -0.39 is 15.4 Å². The van der Waals surface area contributed by atoms with Crippen molar-refractivity contribution in [1.82, 2.24) is 0 Å². The molecule has 1 N–H and O–H groups in total. The largest absolute Gasteiger partial charge is 0.469 e. The summed E-state index contributed by atoms with van der Waals surface area (Å²) in [5.41, 5.74) is 0. The first-order valence-electron chi connectivity index (χ1n) is 6.41. The quantitative estimate of drug-likeness (QED) is 0.378. The van der Waals surface area contributed by atoms with Crippen LogP contribution in [0, 0.1) is 0 Å². The fourth-order valence-electron chi connectivity index (χ4n) is 1.66. The van der Waals surface area contributed by atoms with Crippen molar-refractivity contribution in [3.05, 3.63) is 0 Å². The molecular weight excluding hydrogens is 256 g/mol. The normalized spacial score (nSPS) is 13.3. The summed E-state index contributed by atoms with van der Waals surface area (Å²) in [4.78, 5) is 10.8. The molecule has 0 aromatic carbocycles. The van der Waals surface area contributed by atoms with E-state index >= 15 is 0 Å². The first-order chi connectivity index (χ1) is 8.38. The van der Waals surface area contributed by atoms with E-state index in [1.807, 2.05) is 0 Å². The van der Waals surface area contributed by atoms with E-state index in [1.54, 1.807) is 0 Å². The van der Waals surface area contributed by atoms with Gasteiger partial charge in [-0.1, -0.05) is 32.1 Å². The van der Waals surface area contributed by atoms with Gasteiger partial charge < -0.3 is 4.74 Å². The van der Waals surface area contributed by atoms with Crippen molar-refractivity contribution in [1.29, 1.82) is 0 Å². The standard InChI is InChI=1S/C12H24O5S/c1-11(18(14,15)16)9-7-5-3-4-6-8-10-12(13)17-2/h11H,3-10H2,1-2H3,(H,14,15,16). The number of hydrogen-bond donors (Lipinski definition) is 1. The molecule has 0 aliphatic carbocycles. The van der Waals surface area contributed by atoms with Crippen LogP contribution in [0.15, 0.2) is 0 Å². The summed E-state index contributed by atoms with van der Waals surface area (Å²) >= 11 is 0. The lowest BCUT2D eigenvalue weighted by Gasteiger charge is -2.07. The van der Waals surface area contributed by atoms with Crippen molar-refractivity contribution in [2.45, 2.75) is 63.5 Å². The van der Waals surface area contributed by atoms with Crippen LogP contribution in [0.25, 0.3) is 0 Å².